The Morgan fingerprint density at radius 2 is 1.89 bits per heavy atom. The molecule has 0 spiro atoms. The number of hydrogen-bond acceptors (Lipinski definition) is 6. The van der Waals surface area contributed by atoms with E-state index in [1.807, 2.05) is 0 Å². The first-order valence-electron chi connectivity index (χ1n) is 12.5. The topological polar surface area (TPSA) is 87.8 Å². The second-order valence-electron chi connectivity index (χ2n) is 9.35. The number of anilines is 2. The van der Waals surface area contributed by atoms with Gasteiger partial charge in [0.2, 0.25) is 11.6 Å². The van der Waals surface area contributed by atoms with Crippen LogP contribution in [0.5, 0.6) is 0 Å². The van der Waals surface area contributed by atoms with Crippen molar-refractivity contribution in [3.8, 4) is 0 Å². The van der Waals surface area contributed by atoms with Crippen molar-refractivity contribution in [3.63, 3.8) is 0 Å². The highest BCUT2D eigenvalue weighted by Gasteiger charge is 2.23. The van der Waals surface area contributed by atoms with Gasteiger partial charge in [0.15, 0.2) is 5.82 Å². The molecule has 9 nitrogen and oxygen atoms in total. The first-order valence-corrected chi connectivity index (χ1v) is 12.5. The van der Waals surface area contributed by atoms with Gasteiger partial charge >= 0.3 is 5.69 Å². The Bertz CT molecular complexity index is 1280. The SMILES string of the molecule is Cc1ccccc1N1CCN(c2nccn3c(=O)n(CC(=O)NCCC4=CCCCC4)nc23)CC1. The van der Waals surface area contributed by atoms with E-state index in [4.69, 9.17) is 0 Å². The molecule has 3 aromatic rings. The van der Waals surface area contributed by atoms with E-state index in [-0.39, 0.29) is 18.1 Å². The smallest absolute Gasteiger partial charge is 0.350 e. The van der Waals surface area contributed by atoms with Crippen LogP contribution in [0, 0.1) is 6.92 Å². The summed E-state index contributed by atoms with van der Waals surface area (Å²) in [4.78, 5) is 34.5. The molecule has 1 fully saturated rings. The van der Waals surface area contributed by atoms with Gasteiger partial charge in [0, 0.05) is 50.8 Å². The van der Waals surface area contributed by atoms with E-state index in [9.17, 15) is 9.59 Å². The largest absolute Gasteiger partial charge is 0.368 e. The van der Waals surface area contributed by atoms with E-state index in [0.29, 0.717) is 18.0 Å². The molecule has 0 unspecified atom stereocenters. The lowest BCUT2D eigenvalue weighted by atomic mass is 9.97. The Hall–Kier alpha value is -3.62. The molecule has 1 N–H and O–H groups in total. The van der Waals surface area contributed by atoms with E-state index in [1.54, 1.807) is 12.4 Å². The minimum Gasteiger partial charge on any atom is -0.368 e. The molecule has 35 heavy (non-hydrogen) atoms. The average Bonchev–Trinajstić information content (AvgIpc) is 3.20. The van der Waals surface area contributed by atoms with Crippen LogP contribution in [0.4, 0.5) is 11.5 Å². The molecular formula is C26H33N7O2. The standard InChI is InChI=1S/C26H33N7O2/c1-20-7-5-6-10-22(20)30-15-17-31(18-16-30)24-25-29-33(26(35)32(25)14-13-28-24)19-23(34)27-12-11-21-8-3-2-4-9-21/h5-8,10,13-14H,2-4,9,11-12,15-19H2,1H3,(H,27,34). The first-order chi connectivity index (χ1) is 17.1. The number of carbonyl (C=O) groups excluding carboxylic acids is 1. The summed E-state index contributed by atoms with van der Waals surface area (Å²) in [7, 11) is 0. The zero-order valence-electron chi connectivity index (χ0n) is 20.3. The summed E-state index contributed by atoms with van der Waals surface area (Å²) in [5.41, 5.74) is 4.10. The number of rotatable bonds is 7. The van der Waals surface area contributed by atoms with Crippen molar-refractivity contribution < 1.29 is 4.79 Å². The lowest BCUT2D eigenvalue weighted by molar-refractivity contribution is -0.121. The minimum atomic E-state index is -0.327. The van der Waals surface area contributed by atoms with Crippen molar-refractivity contribution in [1.82, 2.24) is 24.5 Å². The molecule has 0 radical (unpaired) electrons. The molecule has 0 saturated carbocycles. The Morgan fingerprint density at radius 3 is 2.66 bits per heavy atom. The third kappa shape index (κ3) is 5.08. The minimum absolute atomic E-state index is 0.0972. The van der Waals surface area contributed by atoms with E-state index in [0.717, 1.165) is 45.4 Å². The van der Waals surface area contributed by atoms with Gasteiger partial charge in [-0.2, -0.15) is 0 Å². The zero-order chi connectivity index (χ0) is 24.2. The lowest BCUT2D eigenvalue weighted by Crippen LogP contribution is -2.47. The van der Waals surface area contributed by atoms with E-state index >= 15 is 0 Å². The predicted octanol–water partition coefficient (Wildman–Crippen LogP) is 2.53. The maximum absolute atomic E-state index is 12.9. The molecule has 2 aliphatic rings. The number of piperazine rings is 1. The van der Waals surface area contributed by atoms with Crippen LogP contribution >= 0.6 is 0 Å². The van der Waals surface area contributed by atoms with Crippen LogP contribution in [0.1, 0.15) is 37.7 Å². The van der Waals surface area contributed by atoms with Crippen molar-refractivity contribution in [2.24, 2.45) is 0 Å². The summed E-state index contributed by atoms with van der Waals surface area (Å²) in [5, 5.41) is 7.43. The van der Waals surface area contributed by atoms with Gasteiger partial charge in [-0.05, 0) is 50.7 Å². The molecule has 3 heterocycles. The molecule has 1 aromatic carbocycles. The zero-order valence-corrected chi connectivity index (χ0v) is 20.3. The molecule has 2 aromatic heterocycles. The van der Waals surface area contributed by atoms with Gasteiger partial charge in [-0.15, -0.1) is 5.10 Å². The van der Waals surface area contributed by atoms with Gasteiger partial charge in [-0.1, -0.05) is 29.8 Å². The first kappa shape index (κ1) is 23.1. The monoisotopic (exact) mass is 475 g/mol. The summed E-state index contributed by atoms with van der Waals surface area (Å²) in [5.74, 6) is 0.477. The molecule has 5 rings (SSSR count). The summed E-state index contributed by atoms with van der Waals surface area (Å²) in [6.45, 7) is 5.89. The summed E-state index contributed by atoms with van der Waals surface area (Å²) in [6, 6.07) is 8.41. The number of carbonyl (C=O) groups is 1. The van der Waals surface area contributed by atoms with Crippen LogP contribution < -0.4 is 20.8 Å². The predicted molar refractivity (Wildman–Crippen MR) is 137 cm³/mol. The van der Waals surface area contributed by atoms with Gasteiger partial charge in [0.1, 0.15) is 6.54 Å². The van der Waals surface area contributed by atoms with Crippen molar-refractivity contribution in [1.29, 1.82) is 0 Å². The number of nitrogens with zero attached hydrogens (tertiary/aromatic N) is 6. The fourth-order valence-corrected chi connectivity index (χ4v) is 5.02. The highest BCUT2D eigenvalue weighted by Crippen LogP contribution is 2.24. The van der Waals surface area contributed by atoms with Gasteiger partial charge < -0.3 is 15.1 Å². The molecule has 1 aliphatic carbocycles. The Labute approximate surface area is 205 Å². The Morgan fingerprint density at radius 1 is 1.09 bits per heavy atom. The number of benzene rings is 1. The van der Waals surface area contributed by atoms with Gasteiger partial charge in [0.05, 0.1) is 0 Å². The normalized spacial score (nSPS) is 16.4. The van der Waals surface area contributed by atoms with Crippen LogP contribution in [0.3, 0.4) is 0 Å². The van der Waals surface area contributed by atoms with Gasteiger partial charge in [0.25, 0.3) is 0 Å². The average molecular weight is 476 g/mol. The molecule has 1 saturated heterocycles. The maximum Gasteiger partial charge on any atom is 0.350 e. The van der Waals surface area contributed by atoms with Crippen molar-refractivity contribution >= 4 is 23.1 Å². The second-order valence-corrected chi connectivity index (χ2v) is 9.35. The van der Waals surface area contributed by atoms with Gasteiger partial charge in [-0.3, -0.25) is 4.79 Å². The number of nitrogens with one attached hydrogen (secondary N) is 1. The van der Waals surface area contributed by atoms with Crippen molar-refractivity contribution in [2.75, 3.05) is 42.5 Å². The van der Waals surface area contributed by atoms with Crippen LogP contribution in [0.2, 0.25) is 0 Å². The van der Waals surface area contributed by atoms with Crippen LogP contribution in [0.25, 0.3) is 5.65 Å². The van der Waals surface area contributed by atoms with E-state index in [1.165, 1.54) is 38.7 Å². The Balaban J connectivity index is 1.25. The Kier molecular flexibility index (Phi) is 6.83. The van der Waals surface area contributed by atoms with E-state index < -0.39 is 0 Å². The van der Waals surface area contributed by atoms with Crippen molar-refractivity contribution in [2.45, 2.75) is 45.6 Å². The van der Waals surface area contributed by atoms with Crippen LogP contribution in [-0.2, 0) is 11.3 Å². The number of aromatic nitrogens is 4. The fourth-order valence-electron chi connectivity index (χ4n) is 5.02. The molecule has 0 atom stereocenters. The van der Waals surface area contributed by atoms with Crippen LogP contribution in [0.15, 0.2) is 53.1 Å². The molecular weight excluding hydrogens is 442 g/mol. The highest BCUT2D eigenvalue weighted by atomic mass is 16.2. The van der Waals surface area contributed by atoms with Crippen molar-refractivity contribution in [3.05, 3.63) is 64.4 Å². The third-order valence-corrected chi connectivity index (χ3v) is 6.97. The summed E-state index contributed by atoms with van der Waals surface area (Å²) >= 11 is 0. The molecule has 9 heteroatoms. The number of amides is 1. The third-order valence-electron chi connectivity index (χ3n) is 6.97. The maximum atomic E-state index is 12.9. The second kappa shape index (κ2) is 10.3. The number of hydrogen-bond donors (Lipinski definition) is 1. The fraction of sp³-hybridized carbons (Fsp3) is 0.462. The summed E-state index contributed by atoms with van der Waals surface area (Å²) < 4.78 is 2.72. The number of aryl methyl sites for hydroxylation is 1. The lowest BCUT2D eigenvalue weighted by Gasteiger charge is -2.37. The number of allylic oxidation sites excluding steroid dienone is 1. The number of fused-ring (bicyclic) bond motifs is 1. The summed E-state index contributed by atoms with van der Waals surface area (Å²) in [6.07, 6.45) is 11.1. The molecule has 1 amide bonds. The van der Waals surface area contributed by atoms with Crippen LogP contribution in [-0.4, -0.2) is 57.8 Å². The molecule has 0 bridgehead atoms. The highest BCUT2D eigenvalue weighted by molar-refractivity contribution is 5.75. The number of para-hydroxylation sites is 1. The molecule has 184 valence electrons. The van der Waals surface area contributed by atoms with E-state index in [2.05, 4.69) is 62.5 Å². The molecule has 1 aliphatic heterocycles. The van der Waals surface area contributed by atoms with Gasteiger partial charge in [-0.25, -0.2) is 18.9 Å². The quantitative estimate of drug-likeness (QED) is 0.529.